The molecule has 0 saturated carbocycles. The van der Waals surface area contributed by atoms with Crippen LogP contribution in [0.25, 0.3) is 0 Å². The number of carbonyl (C=O) groups excluding carboxylic acids is 1. The van der Waals surface area contributed by atoms with E-state index in [0.717, 1.165) is 44.8 Å². The van der Waals surface area contributed by atoms with Crippen molar-refractivity contribution in [2.45, 2.75) is 6.42 Å². The van der Waals surface area contributed by atoms with Crippen LogP contribution in [0.15, 0.2) is 47.5 Å². The van der Waals surface area contributed by atoms with Gasteiger partial charge in [0.05, 0.1) is 11.4 Å². The molecular formula is C22H25Cl2FN4O. The molecule has 0 aliphatic carbocycles. The topological polar surface area (TPSA) is 47.9 Å². The Balaban J connectivity index is 0.00000256. The van der Waals surface area contributed by atoms with E-state index in [-0.39, 0.29) is 30.7 Å². The molecule has 160 valence electrons. The molecule has 0 spiro atoms. The first-order valence-electron chi connectivity index (χ1n) is 9.96. The summed E-state index contributed by atoms with van der Waals surface area (Å²) < 4.78 is 14.5. The van der Waals surface area contributed by atoms with Gasteiger partial charge in [-0.25, -0.2) is 4.39 Å². The van der Waals surface area contributed by atoms with E-state index < -0.39 is 0 Å². The number of amides is 1. The van der Waals surface area contributed by atoms with Gasteiger partial charge in [0.2, 0.25) is 5.91 Å². The van der Waals surface area contributed by atoms with Gasteiger partial charge in [-0.1, -0.05) is 23.7 Å². The van der Waals surface area contributed by atoms with Crippen LogP contribution >= 0.6 is 24.0 Å². The highest BCUT2D eigenvalue weighted by molar-refractivity contribution is 6.32. The standard InChI is InChI=1S/C22H24ClFN4O.ClH/c23-16-6-7-20-18(14-16)22(17-4-1-2-5-19(17)24)26-15-21(29)28(20)11-3-10-27-12-8-25-9-13-27;/h1-2,4-7,14,25H,3,8-13,15H2;1H. The van der Waals surface area contributed by atoms with E-state index in [4.69, 9.17) is 11.6 Å². The minimum atomic E-state index is -0.364. The molecule has 30 heavy (non-hydrogen) atoms. The van der Waals surface area contributed by atoms with Gasteiger partial charge < -0.3 is 15.1 Å². The molecule has 1 N–H and O–H groups in total. The number of nitrogens with one attached hydrogen (secondary N) is 1. The summed E-state index contributed by atoms with van der Waals surface area (Å²) in [6, 6.07) is 11.9. The van der Waals surface area contributed by atoms with Crippen molar-refractivity contribution in [3.05, 3.63) is 64.4 Å². The number of hydrogen-bond donors (Lipinski definition) is 1. The summed E-state index contributed by atoms with van der Waals surface area (Å²) in [5.41, 5.74) is 2.28. The maximum Gasteiger partial charge on any atom is 0.248 e. The largest absolute Gasteiger partial charge is 0.314 e. The zero-order chi connectivity index (χ0) is 20.2. The molecular weight excluding hydrogens is 426 g/mol. The molecule has 2 aliphatic heterocycles. The SMILES string of the molecule is Cl.O=C1CN=C(c2ccccc2F)c2cc(Cl)ccc2N1CCCN1CCNCC1. The van der Waals surface area contributed by atoms with Crippen molar-refractivity contribution in [1.82, 2.24) is 10.2 Å². The fraction of sp³-hybridized carbons (Fsp3) is 0.364. The Labute approximate surface area is 187 Å². The summed E-state index contributed by atoms with van der Waals surface area (Å²) in [6.45, 7) is 5.59. The maximum absolute atomic E-state index is 14.5. The molecule has 4 rings (SSSR count). The molecule has 0 bridgehead atoms. The van der Waals surface area contributed by atoms with Crippen LogP contribution < -0.4 is 10.2 Å². The quantitative estimate of drug-likeness (QED) is 0.759. The van der Waals surface area contributed by atoms with E-state index in [1.54, 1.807) is 35.2 Å². The molecule has 0 unspecified atom stereocenters. The first-order valence-corrected chi connectivity index (χ1v) is 10.3. The van der Waals surface area contributed by atoms with Crippen molar-refractivity contribution in [3.63, 3.8) is 0 Å². The number of rotatable bonds is 5. The fourth-order valence-electron chi connectivity index (χ4n) is 3.90. The lowest BCUT2D eigenvalue weighted by atomic mass is 9.99. The molecule has 5 nitrogen and oxygen atoms in total. The van der Waals surface area contributed by atoms with E-state index in [2.05, 4.69) is 15.2 Å². The van der Waals surface area contributed by atoms with Gasteiger partial charge in [-0.15, -0.1) is 12.4 Å². The van der Waals surface area contributed by atoms with Gasteiger partial charge in [-0.3, -0.25) is 9.79 Å². The van der Waals surface area contributed by atoms with E-state index in [1.165, 1.54) is 6.07 Å². The van der Waals surface area contributed by atoms with Crippen LogP contribution in [-0.2, 0) is 4.79 Å². The van der Waals surface area contributed by atoms with E-state index in [0.29, 0.717) is 28.4 Å². The van der Waals surface area contributed by atoms with E-state index in [9.17, 15) is 9.18 Å². The van der Waals surface area contributed by atoms with Gasteiger partial charge >= 0.3 is 0 Å². The molecule has 2 heterocycles. The van der Waals surface area contributed by atoms with E-state index >= 15 is 0 Å². The lowest BCUT2D eigenvalue weighted by Crippen LogP contribution is -2.44. The second-order valence-electron chi connectivity index (χ2n) is 7.30. The molecule has 0 aromatic heterocycles. The minimum Gasteiger partial charge on any atom is -0.314 e. The number of nitrogens with zero attached hydrogens (tertiary/aromatic N) is 3. The second-order valence-corrected chi connectivity index (χ2v) is 7.73. The van der Waals surface area contributed by atoms with E-state index in [1.807, 2.05) is 6.07 Å². The highest BCUT2D eigenvalue weighted by Crippen LogP contribution is 2.30. The van der Waals surface area contributed by atoms with Crippen LogP contribution in [0.3, 0.4) is 0 Å². The normalized spacial score (nSPS) is 17.1. The number of anilines is 1. The predicted octanol–water partition coefficient (Wildman–Crippen LogP) is 3.38. The Morgan fingerprint density at radius 3 is 2.60 bits per heavy atom. The number of fused-ring (bicyclic) bond motifs is 1. The summed E-state index contributed by atoms with van der Waals surface area (Å²) in [6.07, 6.45) is 0.864. The van der Waals surface area contributed by atoms with Crippen molar-refractivity contribution in [2.24, 2.45) is 4.99 Å². The van der Waals surface area contributed by atoms with Gasteiger partial charge in [-0.2, -0.15) is 0 Å². The third kappa shape index (κ3) is 5.01. The second kappa shape index (κ2) is 10.4. The number of benzodiazepines with no additional fused rings is 1. The van der Waals surface area contributed by atoms with Gasteiger partial charge in [0.15, 0.2) is 0 Å². The Kier molecular flexibility index (Phi) is 7.83. The number of benzene rings is 2. The van der Waals surface area contributed by atoms with Crippen LogP contribution in [0.2, 0.25) is 5.02 Å². The monoisotopic (exact) mass is 450 g/mol. The highest BCUT2D eigenvalue weighted by Gasteiger charge is 2.26. The summed E-state index contributed by atoms with van der Waals surface area (Å²) >= 11 is 6.25. The molecule has 8 heteroatoms. The lowest BCUT2D eigenvalue weighted by molar-refractivity contribution is -0.117. The van der Waals surface area contributed by atoms with Crippen LogP contribution in [0.4, 0.5) is 10.1 Å². The number of piperazine rings is 1. The van der Waals surface area contributed by atoms with Crippen molar-refractivity contribution < 1.29 is 9.18 Å². The maximum atomic E-state index is 14.5. The first kappa shape index (κ1) is 22.7. The van der Waals surface area contributed by atoms with Gasteiger partial charge in [-0.05, 0) is 43.3 Å². The minimum absolute atomic E-state index is 0. The van der Waals surface area contributed by atoms with Crippen molar-refractivity contribution >= 4 is 41.3 Å². The molecule has 0 atom stereocenters. The zero-order valence-electron chi connectivity index (χ0n) is 16.6. The van der Waals surface area contributed by atoms with Crippen LogP contribution in [0.5, 0.6) is 0 Å². The average molecular weight is 451 g/mol. The Morgan fingerprint density at radius 1 is 1.07 bits per heavy atom. The molecule has 2 aromatic rings. The summed E-state index contributed by atoms with van der Waals surface area (Å²) in [5, 5.41) is 3.88. The van der Waals surface area contributed by atoms with Crippen molar-refractivity contribution in [2.75, 3.05) is 50.7 Å². The van der Waals surface area contributed by atoms with Crippen LogP contribution in [0, 0.1) is 5.82 Å². The molecule has 1 fully saturated rings. The molecule has 1 saturated heterocycles. The predicted molar refractivity (Wildman–Crippen MR) is 122 cm³/mol. The smallest absolute Gasteiger partial charge is 0.248 e. The third-order valence-electron chi connectivity index (χ3n) is 5.37. The zero-order valence-corrected chi connectivity index (χ0v) is 18.2. The fourth-order valence-corrected chi connectivity index (χ4v) is 4.07. The summed E-state index contributed by atoms with van der Waals surface area (Å²) in [4.78, 5) is 21.5. The van der Waals surface area contributed by atoms with Gasteiger partial charge in [0.1, 0.15) is 12.4 Å². The first-order chi connectivity index (χ1) is 14.1. The summed E-state index contributed by atoms with van der Waals surface area (Å²) in [7, 11) is 0. The highest BCUT2D eigenvalue weighted by atomic mass is 35.5. The lowest BCUT2D eigenvalue weighted by Gasteiger charge is -2.29. The van der Waals surface area contributed by atoms with Gasteiger partial charge in [0, 0.05) is 48.9 Å². The van der Waals surface area contributed by atoms with Crippen molar-refractivity contribution in [3.8, 4) is 0 Å². The molecule has 0 radical (unpaired) electrons. The third-order valence-corrected chi connectivity index (χ3v) is 5.61. The van der Waals surface area contributed by atoms with Gasteiger partial charge in [0.25, 0.3) is 0 Å². The van der Waals surface area contributed by atoms with Crippen LogP contribution in [-0.4, -0.2) is 62.3 Å². The Bertz CT molecular complexity index is 931. The molecule has 2 aliphatic rings. The van der Waals surface area contributed by atoms with Crippen LogP contribution in [0.1, 0.15) is 17.5 Å². The Morgan fingerprint density at radius 2 is 1.83 bits per heavy atom. The number of carbonyl (C=O) groups is 1. The summed E-state index contributed by atoms with van der Waals surface area (Å²) in [5.74, 6) is -0.447. The number of halogens is 3. The number of aliphatic imine (C=N–C) groups is 1. The number of hydrogen-bond acceptors (Lipinski definition) is 4. The molecule has 1 amide bonds. The average Bonchev–Trinajstić information content (AvgIpc) is 2.86. The Hall–Kier alpha value is -1.99. The van der Waals surface area contributed by atoms with Crippen molar-refractivity contribution in [1.29, 1.82) is 0 Å². The molecule has 2 aromatic carbocycles.